The summed E-state index contributed by atoms with van der Waals surface area (Å²) < 4.78 is 39.9. The minimum Gasteiger partial charge on any atom is -0.396 e. The van der Waals surface area contributed by atoms with Crippen LogP contribution in [-0.2, 0) is 10.0 Å². The van der Waals surface area contributed by atoms with E-state index in [1.54, 1.807) is 0 Å². The molecule has 0 spiro atoms. The lowest BCUT2D eigenvalue weighted by Gasteiger charge is -2.16. The fourth-order valence-electron chi connectivity index (χ4n) is 1.43. The number of rotatable bonds is 6. The van der Waals surface area contributed by atoms with Gasteiger partial charge in [-0.05, 0) is 47.0 Å². The van der Waals surface area contributed by atoms with Gasteiger partial charge >= 0.3 is 0 Å². The third-order valence-electron chi connectivity index (χ3n) is 2.49. The molecule has 0 fully saturated rings. The number of nitrogens with one attached hydrogen (secondary N) is 1. The second-order valence-electron chi connectivity index (χ2n) is 3.81. The molecule has 1 aromatic carbocycles. The highest BCUT2D eigenvalue weighted by atomic mass is 79.9. The van der Waals surface area contributed by atoms with Crippen LogP contribution < -0.4 is 4.72 Å². The molecule has 1 rings (SSSR count). The van der Waals surface area contributed by atoms with Crippen LogP contribution in [0.5, 0.6) is 0 Å². The van der Waals surface area contributed by atoms with Crippen molar-refractivity contribution >= 4 is 26.0 Å². The largest absolute Gasteiger partial charge is 0.396 e. The summed E-state index contributed by atoms with van der Waals surface area (Å²) >= 11 is 2.96. The summed E-state index contributed by atoms with van der Waals surface area (Å²) in [4.78, 5) is -0.125. The standard InChI is InChI=1S/C11H15BrFNO3S/c1-2-8(5-6-15)14-18(16,17)9-3-4-10(12)11(13)7-9/h3-4,7-8,14-15H,2,5-6H2,1H3. The predicted molar refractivity (Wildman–Crippen MR) is 70.2 cm³/mol. The van der Waals surface area contributed by atoms with Gasteiger partial charge in [0.25, 0.3) is 0 Å². The molecule has 0 saturated heterocycles. The molecule has 102 valence electrons. The molecule has 1 aromatic rings. The molecule has 4 nitrogen and oxygen atoms in total. The molecule has 1 atom stereocenters. The monoisotopic (exact) mass is 339 g/mol. The number of sulfonamides is 1. The topological polar surface area (TPSA) is 66.4 Å². The third-order valence-corrected chi connectivity index (χ3v) is 4.65. The molecule has 0 radical (unpaired) electrons. The molecule has 0 aromatic heterocycles. The first-order valence-corrected chi connectivity index (χ1v) is 7.76. The number of hydrogen-bond acceptors (Lipinski definition) is 3. The number of aliphatic hydroxyl groups excluding tert-OH is 1. The van der Waals surface area contributed by atoms with Gasteiger partial charge in [0, 0.05) is 12.6 Å². The molecule has 7 heteroatoms. The highest BCUT2D eigenvalue weighted by Crippen LogP contribution is 2.19. The molecule has 0 heterocycles. The average Bonchev–Trinajstić information content (AvgIpc) is 2.31. The van der Waals surface area contributed by atoms with E-state index in [9.17, 15) is 12.8 Å². The Morgan fingerprint density at radius 1 is 1.50 bits per heavy atom. The lowest BCUT2D eigenvalue weighted by Crippen LogP contribution is -2.35. The molecular formula is C11H15BrFNO3S. The van der Waals surface area contributed by atoms with Gasteiger partial charge in [0.15, 0.2) is 0 Å². The Kier molecular flexibility index (Phi) is 5.71. The third kappa shape index (κ3) is 4.01. The van der Waals surface area contributed by atoms with Crippen molar-refractivity contribution in [2.24, 2.45) is 0 Å². The van der Waals surface area contributed by atoms with Crippen LogP contribution in [0.4, 0.5) is 4.39 Å². The molecule has 0 aliphatic carbocycles. The van der Waals surface area contributed by atoms with Crippen molar-refractivity contribution in [1.82, 2.24) is 4.72 Å². The lowest BCUT2D eigenvalue weighted by atomic mass is 10.2. The van der Waals surface area contributed by atoms with Crippen LogP contribution in [0.1, 0.15) is 19.8 Å². The molecule has 0 amide bonds. The number of benzene rings is 1. The zero-order chi connectivity index (χ0) is 13.8. The van der Waals surface area contributed by atoms with Crippen molar-refractivity contribution in [3.63, 3.8) is 0 Å². The van der Waals surface area contributed by atoms with Crippen molar-refractivity contribution in [2.45, 2.75) is 30.7 Å². The molecule has 0 saturated carbocycles. The average molecular weight is 340 g/mol. The van der Waals surface area contributed by atoms with Gasteiger partial charge in [-0.3, -0.25) is 0 Å². The Morgan fingerprint density at radius 3 is 2.67 bits per heavy atom. The maximum atomic E-state index is 13.3. The zero-order valence-electron chi connectivity index (χ0n) is 9.86. The second kappa shape index (κ2) is 6.60. The Bertz CT molecular complexity index is 507. The van der Waals surface area contributed by atoms with Gasteiger partial charge in [-0.15, -0.1) is 0 Å². The van der Waals surface area contributed by atoms with Crippen molar-refractivity contribution in [3.8, 4) is 0 Å². The van der Waals surface area contributed by atoms with E-state index in [4.69, 9.17) is 5.11 Å². The van der Waals surface area contributed by atoms with Gasteiger partial charge in [0.1, 0.15) is 5.82 Å². The van der Waals surface area contributed by atoms with Gasteiger partial charge in [-0.2, -0.15) is 0 Å². The van der Waals surface area contributed by atoms with Crippen LogP contribution in [0.25, 0.3) is 0 Å². The van der Waals surface area contributed by atoms with Crippen molar-refractivity contribution in [1.29, 1.82) is 0 Å². The maximum Gasteiger partial charge on any atom is 0.240 e. The fraction of sp³-hybridized carbons (Fsp3) is 0.455. The van der Waals surface area contributed by atoms with Gasteiger partial charge in [-0.25, -0.2) is 17.5 Å². The first-order valence-electron chi connectivity index (χ1n) is 5.49. The summed E-state index contributed by atoms with van der Waals surface area (Å²) in [6.45, 7) is 1.71. The van der Waals surface area contributed by atoms with Gasteiger partial charge in [-0.1, -0.05) is 6.92 Å². The molecular weight excluding hydrogens is 325 g/mol. The second-order valence-corrected chi connectivity index (χ2v) is 6.38. The van der Waals surface area contributed by atoms with E-state index < -0.39 is 15.8 Å². The smallest absolute Gasteiger partial charge is 0.240 e. The number of hydrogen-bond donors (Lipinski definition) is 2. The Balaban J connectivity index is 2.95. The van der Waals surface area contributed by atoms with E-state index in [1.807, 2.05) is 6.92 Å². The minimum absolute atomic E-state index is 0.101. The van der Waals surface area contributed by atoms with Crippen molar-refractivity contribution in [2.75, 3.05) is 6.61 Å². The van der Waals surface area contributed by atoms with E-state index in [2.05, 4.69) is 20.7 Å². The highest BCUT2D eigenvalue weighted by Gasteiger charge is 2.19. The van der Waals surface area contributed by atoms with Gasteiger partial charge in [0.05, 0.1) is 9.37 Å². The van der Waals surface area contributed by atoms with E-state index in [0.29, 0.717) is 12.8 Å². The number of halogens is 2. The summed E-state index contributed by atoms with van der Waals surface area (Å²) in [6, 6.07) is 3.27. The van der Waals surface area contributed by atoms with E-state index in [-0.39, 0.29) is 22.0 Å². The normalized spacial score (nSPS) is 13.6. The Hall–Kier alpha value is -0.500. The Labute approximate surface area is 114 Å². The lowest BCUT2D eigenvalue weighted by molar-refractivity contribution is 0.270. The molecule has 2 N–H and O–H groups in total. The maximum absolute atomic E-state index is 13.3. The minimum atomic E-state index is -3.75. The van der Waals surface area contributed by atoms with Crippen LogP contribution in [0.2, 0.25) is 0 Å². The van der Waals surface area contributed by atoms with Crippen LogP contribution in [0.15, 0.2) is 27.6 Å². The van der Waals surface area contributed by atoms with E-state index in [0.717, 1.165) is 6.07 Å². The highest BCUT2D eigenvalue weighted by molar-refractivity contribution is 9.10. The molecule has 18 heavy (non-hydrogen) atoms. The van der Waals surface area contributed by atoms with E-state index >= 15 is 0 Å². The number of aliphatic hydroxyl groups is 1. The van der Waals surface area contributed by atoms with Crippen molar-refractivity contribution in [3.05, 3.63) is 28.5 Å². The quantitative estimate of drug-likeness (QED) is 0.833. The summed E-state index contributed by atoms with van der Waals surface area (Å²) in [5.74, 6) is -0.631. The first kappa shape index (κ1) is 15.6. The molecule has 0 aliphatic rings. The van der Waals surface area contributed by atoms with Gasteiger partial charge < -0.3 is 5.11 Å². The summed E-state index contributed by atoms with van der Waals surface area (Å²) in [5, 5.41) is 8.81. The first-order chi connectivity index (χ1) is 8.40. The van der Waals surface area contributed by atoms with Crippen LogP contribution in [0, 0.1) is 5.82 Å². The predicted octanol–water partition coefficient (Wildman–Crippen LogP) is 2.03. The molecule has 1 unspecified atom stereocenters. The van der Waals surface area contributed by atoms with Crippen LogP contribution in [-0.4, -0.2) is 26.2 Å². The summed E-state index contributed by atoms with van der Waals surface area (Å²) in [6.07, 6.45) is 0.882. The van der Waals surface area contributed by atoms with Crippen LogP contribution in [0.3, 0.4) is 0 Å². The molecule has 0 aliphatic heterocycles. The van der Waals surface area contributed by atoms with Crippen LogP contribution >= 0.6 is 15.9 Å². The fourth-order valence-corrected chi connectivity index (χ4v) is 3.05. The zero-order valence-corrected chi connectivity index (χ0v) is 12.3. The van der Waals surface area contributed by atoms with Gasteiger partial charge in [0.2, 0.25) is 10.0 Å². The Morgan fingerprint density at radius 2 is 2.17 bits per heavy atom. The van der Waals surface area contributed by atoms with E-state index in [1.165, 1.54) is 12.1 Å². The SMILES string of the molecule is CCC(CCO)NS(=O)(=O)c1ccc(Br)c(F)c1. The summed E-state index contributed by atoms with van der Waals surface area (Å²) in [5.41, 5.74) is 0. The summed E-state index contributed by atoms with van der Waals surface area (Å²) in [7, 11) is -3.75. The van der Waals surface area contributed by atoms with Crippen molar-refractivity contribution < 1.29 is 17.9 Å². The molecule has 0 bridgehead atoms.